The Labute approximate surface area is 115 Å². The zero-order valence-electron chi connectivity index (χ0n) is 11.3. The molecule has 1 aliphatic heterocycles. The number of hydrogen-bond donors (Lipinski definition) is 2. The summed E-state index contributed by atoms with van der Waals surface area (Å²) in [5.74, 6) is 0. The van der Waals surface area contributed by atoms with E-state index in [0.717, 1.165) is 23.5 Å². The van der Waals surface area contributed by atoms with Crippen molar-refractivity contribution in [3.05, 3.63) is 41.1 Å². The first-order valence-electron chi connectivity index (χ1n) is 6.22. The molecular weight excluding hydrogens is 267 g/mol. The second-order valence-electron chi connectivity index (χ2n) is 4.86. The van der Waals surface area contributed by atoms with Gasteiger partial charge in [0, 0.05) is 11.4 Å². The normalized spacial score (nSPS) is 18.9. The van der Waals surface area contributed by atoms with Gasteiger partial charge in [-0.25, -0.2) is 0 Å². The maximum absolute atomic E-state index is 12.8. The van der Waals surface area contributed by atoms with Crippen LogP contribution in [0.2, 0.25) is 0 Å². The van der Waals surface area contributed by atoms with Crippen LogP contribution < -0.4 is 11.1 Å². The molecule has 6 heteroatoms. The van der Waals surface area contributed by atoms with Gasteiger partial charge in [0.05, 0.1) is 23.9 Å². The molecule has 0 saturated heterocycles. The van der Waals surface area contributed by atoms with Crippen LogP contribution in [-0.4, -0.2) is 12.3 Å². The molecule has 1 aromatic carbocycles. The SMILES string of the molecule is CC1=CC(=NC(C)c2cc(N)cc(C(F)(F)F)c2)CN1. The molecule has 0 bridgehead atoms. The molecule has 0 aromatic heterocycles. The fourth-order valence-corrected chi connectivity index (χ4v) is 2.07. The summed E-state index contributed by atoms with van der Waals surface area (Å²) in [6.07, 6.45) is -2.52. The number of anilines is 1. The molecule has 1 heterocycles. The Morgan fingerprint density at radius 2 is 2.00 bits per heavy atom. The Hall–Kier alpha value is -1.98. The van der Waals surface area contributed by atoms with Crippen molar-refractivity contribution in [2.75, 3.05) is 12.3 Å². The molecule has 0 fully saturated rings. The fourth-order valence-electron chi connectivity index (χ4n) is 2.07. The second-order valence-corrected chi connectivity index (χ2v) is 4.86. The summed E-state index contributed by atoms with van der Waals surface area (Å²) in [7, 11) is 0. The quantitative estimate of drug-likeness (QED) is 0.818. The molecule has 20 heavy (non-hydrogen) atoms. The third kappa shape index (κ3) is 3.31. The molecule has 0 amide bonds. The number of hydrogen-bond acceptors (Lipinski definition) is 3. The highest BCUT2D eigenvalue weighted by atomic mass is 19.4. The van der Waals surface area contributed by atoms with Crippen molar-refractivity contribution >= 4 is 11.4 Å². The lowest BCUT2D eigenvalue weighted by molar-refractivity contribution is -0.137. The largest absolute Gasteiger partial charge is 0.416 e. The van der Waals surface area contributed by atoms with E-state index in [0.29, 0.717) is 12.1 Å². The molecule has 1 atom stereocenters. The van der Waals surface area contributed by atoms with Gasteiger partial charge < -0.3 is 11.1 Å². The molecular formula is C14H16F3N3. The van der Waals surface area contributed by atoms with Gasteiger partial charge in [0.25, 0.3) is 0 Å². The molecule has 0 saturated carbocycles. The highest BCUT2D eigenvalue weighted by molar-refractivity contribution is 5.99. The molecule has 0 radical (unpaired) electrons. The minimum absolute atomic E-state index is 0.0955. The van der Waals surface area contributed by atoms with Gasteiger partial charge in [-0.15, -0.1) is 0 Å². The zero-order chi connectivity index (χ0) is 14.9. The van der Waals surface area contributed by atoms with Gasteiger partial charge in [-0.3, -0.25) is 4.99 Å². The first kappa shape index (κ1) is 14.4. The maximum atomic E-state index is 12.8. The van der Waals surface area contributed by atoms with Crippen LogP contribution in [-0.2, 0) is 6.18 Å². The molecule has 108 valence electrons. The van der Waals surface area contributed by atoms with Crippen molar-refractivity contribution in [2.45, 2.75) is 26.1 Å². The van der Waals surface area contributed by atoms with Crippen molar-refractivity contribution in [1.29, 1.82) is 0 Å². The average Bonchev–Trinajstić information content (AvgIpc) is 2.72. The number of nitrogens with one attached hydrogen (secondary N) is 1. The van der Waals surface area contributed by atoms with Crippen molar-refractivity contribution in [1.82, 2.24) is 5.32 Å². The minimum Gasteiger partial charge on any atom is -0.399 e. The van der Waals surface area contributed by atoms with Gasteiger partial charge in [0.2, 0.25) is 0 Å². The van der Waals surface area contributed by atoms with Crippen LogP contribution in [0, 0.1) is 0 Å². The van der Waals surface area contributed by atoms with E-state index in [-0.39, 0.29) is 11.7 Å². The lowest BCUT2D eigenvalue weighted by atomic mass is 10.0. The Morgan fingerprint density at radius 1 is 1.30 bits per heavy atom. The average molecular weight is 283 g/mol. The van der Waals surface area contributed by atoms with Gasteiger partial charge in [-0.05, 0) is 43.7 Å². The van der Waals surface area contributed by atoms with Gasteiger partial charge >= 0.3 is 6.18 Å². The predicted octanol–water partition coefficient (Wildman–Crippen LogP) is 3.30. The number of nitrogens with two attached hydrogens (primary N) is 1. The third-order valence-corrected chi connectivity index (χ3v) is 3.08. The fraction of sp³-hybridized carbons (Fsp3) is 0.357. The summed E-state index contributed by atoms with van der Waals surface area (Å²) in [4.78, 5) is 4.42. The standard InChI is InChI=1S/C14H16F3N3/c1-8-3-13(7-19-8)20-9(2)10-4-11(14(15,16)17)6-12(18)5-10/h3-6,9,19H,7,18H2,1-2H3. The number of nitrogens with zero attached hydrogens (tertiary/aromatic N) is 1. The lowest BCUT2D eigenvalue weighted by Crippen LogP contribution is -2.11. The lowest BCUT2D eigenvalue weighted by Gasteiger charge is -2.13. The van der Waals surface area contributed by atoms with Gasteiger partial charge in [0.1, 0.15) is 0 Å². The molecule has 2 rings (SSSR count). The summed E-state index contributed by atoms with van der Waals surface area (Å²) in [5, 5.41) is 3.10. The van der Waals surface area contributed by atoms with Crippen LogP contribution in [0.1, 0.15) is 31.0 Å². The maximum Gasteiger partial charge on any atom is 0.416 e. The van der Waals surface area contributed by atoms with Gasteiger partial charge in [-0.1, -0.05) is 0 Å². The number of alkyl halides is 3. The molecule has 0 aliphatic carbocycles. The van der Waals surface area contributed by atoms with E-state index in [1.165, 1.54) is 6.07 Å². The van der Waals surface area contributed by atoms with Crippen molar-refractivity contribution in [3.63, 3.8) is 0 Å². The zero-order valence-corrected chi connectivity index (χ0v) is 11.3. The first-order chi connectivity index (χ1) is 9.25. The molecule has 3 nitrogen and oxygen atoms in total. The van der Waals surface area contributed by atoms with E-state index in [4.69, 9.17) is 5.73 Å². The van der Waals surface area contributed by atoms with Crippen molar-refractivity contribution in [2.24, 2.45) is 4.99 Å². The van der Waals surface area contributed by atoms with Crippen LogP contribution in [0.5, 0.6) is 0 Å². The molecule has 1 aromatic rings. The molecule has 1 aliphatic rings. The monoisotopic (exact) mass is 283 g/mol. The molecule has 3 N–H and O–H groups in total. The number of rotatable bonds is 2. The summed E-state index contributed by atoms with van der Waals surface area (Å²) in [5.41, 5.74) is 7.19. The number of allylic oxidation sites excluding steroid dienone is 1. The number of halogens is 3. The van der Waals surface area contributed by atoms with E-state index < -0.39 is 11.7 Å². The molecule has 1 unspecified atom stereocenters. The van der Waals surface area contributed by atoms with Gasteiger partial charge in [-0.2, -0.15) is 13.2 Å². The van der Waals surface area contributed by atoms with Crippen LogP contribution in [0.3, 0.4) is 0 Å². The summed E-state index contributed by atoms with van der Waals surface area (Å²) in [6, 6.07) is 3.19. The third-order valence-electron chi connectivity index (χ3n) is 3.08. The Kier molecular flexibility index (Phi) is 3.74. The van der Waals surface area contributed by atoms with E-state index in [1.54, 1.807) is 6.92 Å². The van der Waals surface area contributed by atoms with Crippen LogP contribution >= 0.6 is 0 Å². The summed E-state index contributed by atoms with van der Waals surface area (Å²) in [6.45, 7) is 4.27. The Bertz CT molecular complexity index is 574. The Balaban J connectivity index is 2.31. The summed E-state index contributed by atoms with van der Waals surface area (Å²) >= 11 is 0. The van der Waals surface area contributed by atoms with Crippen molar-refractivity contribution < 1.29 is 13.2 Å². The smallest absolute Gasteiger partial charge is 0.399 e. The van der Waals surface area contributed by atoms with E-state index in [1.807, 2.05) is 13.0 Å². The van der Waals surface area contributed by atoms with E-state index in [2.05, 4.69) is 10.3 Å². The highest BCUT2D eigenvalue weighted by Crippen LogP contribution is 2.33. The number of nitrogen functional groups attached to an aromatic ring is 1. The highest BCUT2D eigenvalue weighted by Gasteiger charge is 2.31. The predicted molar refractivity (Wildman–Crippen MR) is 73.5 cm³/mol. The number of aliphatic imine (C=N–C) groups is 1. The van der Waals surface area contributed by atoms with Crippen LogP contribution in [0.15, 0.2) is 35.0 Å². The van der Waals surface area contributed by atoms with E-state index in [9.17, 15) is 13.2 Å². The van der Waals surface area contributed by atoms with Crippen LogP contribution in [0.4, 0.5) is 18.9 Å². The topological polar surface area (TPSA) is 50.4 Å². The van der Waals surface area contributed by atoms with E-state index >= 15 is 0 Å². The summed E-state index contributed by atoms with van der Waals surface area (Å²) < 4.78 is 38.3. The van der Waals surface area contributed by atoms with Crippen LogP contribution in [0.25, 0.3) is 0 Å². The van der Waals surface area contributed by atoms with Crippen molar-refractivity contribution in [3.8, 4) is 0 Å². The second kappa shape index (κ2) is 5.19. The number of benzene rings is 1. The minimum atomic E-state index is -4.40. The first-order valence-corrected chi connectivity index (χ1v) is 6.22. The molecule has 0 spiro atoms. The van der Waals surface area contributed by atoms with Gasteiger partial charge in [0.15, 0.2) is 0 Å². The Morgan fingerprint density at radius 3 is 2.55 bits per heavy atom.